The Hall–Kier alpha value is -2.65. The van der Waals surface area contributed by atoms with Gasteiger partial charge in [-0.3, -0.25) is 14.9 Å². The van der Waals surface area contributed by atoms with Crippen LogP contribution in [-0.2, 0) is 22.6 Å². The molecule has 32 heavy (non-hydrogen) atoms. The molecule has 3 rings (SSSR count). The first kappa shape index (κ1) is 27.4. The van der Waals surface area contributed by atoms with Gasteiger partial charge < -0.3 is 10.4 Å². The molecular weight excluding hydrogens is 477 g/mol. The highest BCUT2D eigenvalue weighted by molar-refractivity contribution is 6.29. The van der Waals surface area contributed by atoms with Crippen LogP contribution in [0.25, 0.3) is 11.3 Å². The maximum Gasteiger partial charge on any atom is 0.317 e. The molecule has 0 unspecified atom stereocenters. The number of amides is 1. The van der Waals surface area contributed by atoms with Crippen molar-refractivity contribution in [2.24, 2.45) is 0 Å². The van der Waals surface area contributed by atoms with Crippen molar-refractivity contribution in [3.05, 3.63) is 65.4 Å². The van der Waals surface area contributed by atoms with Crippen LogP contribution in [0, 0.1) is 0 Å². The number of rotatable bonds is 9. The van der Waals surface area contributed by atoms with Crippen molar-refractivity contribution in [1.29, 1.82) is 0 Å². The Balaban J connectivity index is 0.00000256. The summed E-state index contributed by atoms with van der Waals surface area (Å²) in [4.78, 5) is 27.9. The third-order valence-electron chi connectivity index (χ3n) is 4.45. The van der Waals surface area contributed by atoms with Crippen LogP contribution < -0.4 is 10.6 Å². The van der Waals surface area contributed by atoms with Gasteiger partial charge in [-0.25, -0.2) is 9.67 Å². The zero-order valence-corrected chi connectivity index (χ0v) is 19.6. The van der Waals surface area contributed by atoms with Crippen LogP contribution in [-0.4, -0.2) is 44.3 Å². The van der Waals surface area contributed by atoms with Crippen LogP contribution in [0.5, 0.6) is 0 Å². The molecule has 2 heterocycles. The van der Waals surface area contributed by atoms with Gasteiger partial charge in [0.15, 0.2) is 0 Å². The molecule has 0 aliphatic heterocycles. The number of halogens is 3. The average molecular weight is 501 g/mol. The highest BCUT2D eigenvalue weighted by Crippen LogP contribution is 2.23. The summed E-state index contributed by atoms with van der Waals surface area (Å²) in [6.07, 6.45) is 1.94. The van der Waals surface area contributed by atoms with Gasteiger partial charge in [0.2, 0.25) is 5.91 Å². The number of carbonyl (C=O) groups is 2. The molecule has 0 aliphatic carbocycles. The minimum absolute atomic E-state index is 0. The molecule has 2 aromatic heterocycles. The second kappa shape index (κ2) is 13.0. The number of aromatic nitrogens is 3. The maximum absolute atomic E-state index is 13.0. The smallest absolute Gasteiger partial charge is 0.317 e. The van der Waals surface area contributed by atoms with Crippen molar-refractivity contribution in [3.8, 4) is 11.3 Å². The van der Waals surface area contributed by atoms with E-state index < -0.39 is 12.0 Å². The Labute approximate surface area is 203 Å². The van der Waals surface area contributed by atoms with Crippen molar-refractivity contribution in [2.75, 3.05) is 11.9 Å². The van der Waals surface area contributed by atoms with Crippen molar-refractivity contribution in [2.45, 2.75) is 25.9 Å². The average Bonchev–Trinajstić information content (AvgIpc) is 3.14. The van der Waals surface area contributed by atoms with Gasteiger partial charge in [0.25, 0.3) is 0 Å². The molecule has 0 fully saturated rings. The van der Waals surface area contributed by atoms with Gasteiger partial charge in [0, 0.05) is 24.4 Å². The molecule has 1 atom stereocenters. The number of pyridine rings is 1. The van der Waals surface area contributed by atoms with E-state index in [0.29, 0.717) is 29.6 Å². The molecule has 8 nitrogen and oxygen atoms in total. The largest absolute Gasteiger partial charge is 0.480 e. The lowest BCUT2D eigenvalue weighted by molar-refractivity contribution is -0.136. The molecular formula is C21H24Cl3N5O3. The van der Waals surface area contributed by atoms with Gasteiger partial charge in [-0.1, -0.05) is 41.9 Å². The highest BCUT2D eigenvalue weighted by Gasteiger charge is 2.21. The number of benzene rings is 1. The van der Waals surface area contributed by atoms with E-state index in [2.05, 4.69) is 20.7 Å². The first-order chi connectivity index (χ1) is 14.5. The molecule has 1 amide bonds. The molecule has 0 aliphatic rings. The first-order valence-electron chi connectivity index (χ1n) is 9.46. The lowest BCUT2D eigenvalue weighted by Crippen LogP contribution is -2.44. The van der Waals surface area contributed by atoms with E-state index in [0.717, 1.165) is 11.1 Å². The number of aliphatic carboxylic acids is 1. The molecule has 3 N–H and O–H groups in total. The van der Waals surface area contributed by atoms with Crippen LogP contribution in [0.15, 0.2) is 54.7 Å². The third kappa shape index (κ3) is 7.49. The van der Waals surface area contributed by atoms with Crippen LogP contribution in [0.4, 0.5) is 5.82 Å². The van der Waals surface area contributed by atoms with Crippen molar-refractivity contribution < 1.29 is 14.7 Å². The topological polar surface area (TPSA) is 109 Å². The summed E-state index contributed by atoms with van der Waals surface area (Å²) >= 11 is 5.97. The highest BCUT2D eigenvalue weighted by atomic mass is 35.5. The van der Waals surface area contributed by atoms with Gasteiger partial charge in [-0.05, 0) is 31.0 Å². The summed E-state index contributed by atoms with van der Waals surface area (Å²) in [7, 11) is 0. The second-order valence-electron chi connectivity index (χ2n) is 6.60. The van der Waals surface area contributed by atoms with Crippen LogP contribution in [0.2, 0.25) is 5.15 Å². The van der Waals surface area contributed by atoms with Gasteiger partial charge in [-0.2, -0.15) is 5.10 Å². The molecule has 0 bridgehead atoms. The number of nitrogens with one attached hydrogen (secondary N) is 2. The normalized spacial score (nSPS) is 11.1. The van der Waals surface area contributed by atoms with Gasteiger partial charge in [0.1, 0.15) is 11.0 Å². The fourth-order valence-electron chi connectivity index (χ4n) is 2.99. The molecule has 3 aromatic rings. The van der Waals surface area contributed by atoms with Crippen molar-refractivity contribution in [1.82, 2.24) is 20.1 Å². The number of hydrogen-bond donors (Lipinski definition) is 3. The minimum Gasteiger partial charge on any atom is -0.480 e. The lowest BCUT2D eigenvalue weighted by atomic mass is 10.1. The van der Waals surface area contributed by atoms with Crippen molar-refractivity contribution in [3.63, 3.8) is 0 Å². The van der Waals surface area contributed by atoms with E-state index in [1.165, 1.54) is 0 Å². The Kier molecular flexibility index (Phi) is 11.1. The summed E-state index contributed by atoms with van der Waals surface area (Å²) in [5, 5.41) is 19.5. The molecule has 1 aromatic carbocycles. The summed E-state index contributed by atoms with van der Waals surface area (Å²) in [5.41, 5.74) is 2.35. The zero-order valence-electron chi connectivity index (χ0n) is 17.2. The number of nitrogens with zero attached hydrogens (tertiary/aromatic N) is 3. The monoisotopic (exact) mass is 499 g/mol. The Bertz CT molecular complexity index is 1030. The number of hydrogen-bond acceptors (Lipinski definition) is 5. The summed E-state index contributed by atoms with van der Waals surface area (Å²) < 4.78 is 1.67. The fourth-order valence-corrected chi connectivity index (χ4v) is 3.17. The van der Waals surface area contributed by atoms with Crippen LogP contribution in [0.1, 0.15) is 12.5 Å². The van der Waals surface area contributed by atoms with E-state index >= 15 is 0 Å². The first-order valence-corrected chi connectivity index (χ1v) is 9.83. The van der Waals surface area contributed by atoms with E-state index in [4.69, 9.17) is 16.7 Å². The minimum atomic E-state index is -1.03. The van der Waals surface area contributed by atoms with Crippen molar-refractivity contribution >= 4 is 54.1 Å². The lowest BCUT2D eigenvalue weighted by Gasteiger charge is -2.18. The molecule has 0 saturated heterocycles. The van der Waals surface area contributed by atoms with Gasteiger partial charge >= 0.3 is 5.97 Å². The second-order valence-corrected chi connectivity index (χ2v) is 6.99. The van der Waals surface area contributed by atoms with E-state index in [-0.39, 0.29) is 37.3 Å². The number of carbonyl (C=O) groups excluding carboxylic acids is 1. The molecule has 0 radical (unpaired) electrons. The number of anilines is 1. The summed E-state index contributed by atoms with van der Waals surface area (Å²) in [6.45, 7) is 2.13. The Morgan fingerprint density at radius 1 is 1.16 bits per heavy atom. The molecule has 0 saturated carbocycles. The third-order valence-corrected chi connectivity index (χ3v) is 4.66. The standard InChI is InChI=1S/C21H22ClN5O3.2ClH/c1-2-27-19(12-16(26-27)15-8-9-23-18(22)11-15)25-21(30)17(24-13-20(28)29)10-14-6-4-3-5-7-14;;/h3-9,11-12,17,24H,2,10,13H2,1H3,(H,25,30)(H,28,29);2*1H/t17-;;/m0../s1. The molecule has 11 heteroatoms. The number of carboxylic acid groups (broad SMARTS) is 1. The fraction of sp³-hybridized carbons (Fsp3) is 0.238. The Morgan fingerprint density at radius 3 is 2.50 bits per heavy atom. The van der Waals surface area contributed by atoms with Gasteiger partial charge in [-0.15, -0.1) is 24.8 Å². The maximum atomic E-state index is 13.0. The Morgan fingerprint density at radius 2 is 1.88 bits per heavy atom. The molecule has 0 spiro atoms. The SMILES string of the molecule is CCn1nc(-c2ccnc(Cl)c2)cc1NC(=O)[C@H](Cc1ccccc1)NCC(=O)O.Cl.Cl. The van der Waals surface area contributed by atoms with Crippen LogP contribution in [0.3, 0.4) is 0 Å². The summed E-state index contributed by atoms with van der Waals surface area (Å²) in [5.74, 6) is -0.856. The number of carboxylic acids is 1. The zero-order chi connectivity index (χ0) is 21.5. The van der Waals surface area contributed by atoms with E-state index in [1.54, 1.807) is 29.1 Å². The predicted molar refractivity (Wildman–Crippen MR) is 129 cm³/mol. The van der Waals surface area contributed by atoms with E-state index in [1.807, 2.05) is 37.3 Å². The van der Waals surface area contributed by atoms with Crippen LogP contribution >= 0.6 is 36.4 Å². The summed E-state index contributed by atoms with van der Waals surface area (Å²) in [6, 6.07) is 13.9. The number of aryl methyl sites for hydroxylation is 1. The predicted octanol–water partition coefficient (Wildman–Crippen LogP) is 3.69. The van der Waals surface area contributed by atoms with Gasteiger partial charge in [0.05, 0.1) is 18.3 Å². The van der Waals surface area contributed by atoms with E-state index in [9.17, 15) is 9.59 Å². The quantitative estimate of drug-likeness (QED) is 0.387. The molecule has 172 valence electrons.